The van der Waals surface area contributed by atoms with Gasteiger partial charge >= 0.3 is 0 Å². The monoisotopic (exact) mass is 259 g/mol. The smallest absolute Gasteiger partial charge is 0.225 e. The van der Waals surface area contributed by atoms with Crippen LogP contribution in [0.2, 0.25) is 0 Å². The Labute approximate surface area is 115 Å². The number of rotatable bonds is 4. The second-order valence-corrected chi connectivity index (χ2v) is 4.78. The summed E-state index contributed by atoms with van der Waals surface area (Å²) in [6.07, 6.45) is 0.467. The van der Waals surface area contributed by atoms with Crippen molar-refractivity contribution < 1.29 is 9.90 Å². The Kier molecular flexibility index (Phi) is 6.11. The van der Waals surface area contributed by atoms with E-state index in [1.54, 1.807) is 11.9 Å². The van der Waals surface area contributed by atoms with Crippen molar-refractivity contribution in [3.8, 4) is 11.8 Å². The van der Waals surface area contributed by atoms with E-state index in [-0.39, 0.29) is 18.4 Å². The Morgan fingerprint density at radius 1 is 1.37 bits per heavy atom. The van der Waals surface area contributed by atoms with Gasteiger partial charge in [-0.15, -0.1) is 0 Å². The van der Waals surface area contributed by atoms with Gasteiger partial charge in [0.05, 0.1) is 6.61 Å². The van der Waals surface area contributed by atoms with Crippen LogP contribution in [0.1, 0.15) is 31.4 Å². The predicted octanol–water partition coefficient (Wildman–Crippen LogP) is 2.03. The third kappa shape index (κ3) is 4.76. The maximum Gasteiger partial charge on any atom is 0.225 e. The zero-order valence-corrected chi connectivity index (χ0v) is 11.8. The molecule has 1 amide bonds. The van der Waals surface area contributed by atoms with E-state index < -0.39 is 0 Å². The summed E-state index contributed by atoms with van der Waals surface area (Å²) in [5.74, 6) is 6.07. The fraction of sp³-hybridized carbons (Fsp3) is 0.438. The molecule has 0 radical (unpaired) electrons. The number of amides is 1. The highest BCUT2D eigenvalue weighted by molar-refractivity contribution is 5.77. The molecule has 0 aromatic heterocycles. The average molecular weight is 259 g/mol. The Morgan fingerprint density at radius 3 is 2.68 bits per heavy atom. The molecule has 0 aliphatic rings. The standard InChI is InChI=1S/C16H21NO2/c1-13(2)16(19)17(3)12-15-10-5-4-8-14(15)9-6-7-11-18/h4-5,8,10,13,18H,7,11-12H2,1-3H3. The molecule has 1 rings (SSSR count). The van der Waals surface area contributed by atoms with E-state index in [1.807, 2.05) is 38.1 Å². The van der Waals surface area contributed by atoms with E-state index in [0.29, 0.717) is 13.0 Å². The highest BCUT2D eigenvalue weighted by Crippen LogP contribution is 2.11. The van der Waals surface area contributed by atoms with Gasteiger partial charge in [0.1, 0.15) is 0 Å². The van der Waals surface area contributed by atoms with Crippen molar-refractivity contribution in [2.45, 2.75) is 26.8 Å². The number of hydrogen-bond donors (Lipinski definition) is 1. The van der Waals surface area contributed by atoms with Crippen LogP contribution in [0.4, 0.5) is 0 Å². The molecule has 0 heterocycles. The van der Waals surface area contributed by atoms with Crippen LogP contribution >= 0.6 is 0 Å². The summed E-state index contributed by atoms with van der Waals surface area (Å²) >= 11 is 0. The van der Waals surface area contributed by atoms with Gasteiger partial charge in [-0.25, -0.2) is 0 Å². The first-order chi connectivity index (χ1) is 9.06. The van der Waals surface area contributed by atoms with E-state index in [1.165, 1.54) is 0 Å². The molecule has 102 valence electrons. The summed E-state index contributed by atoms with van der Waals surface area (Å²) in [5, 5.41) is 8.74. The lowest BCUT2D eigenvalue weighted by atomic mass is 10.1. The zero-order valence-electron chi connectivity index (χ0n) is 11.8. The van der Waals surface area contributed by atoms with Crippen LogP contribution in [0.5, 0.6) is 0 Å². The normalized spacial score (nSPS) is 9.95. The molecule has 19 heavy (non-hydrogen) atoms. The largest absolute Gasteiger partial charge is 0.395 e. The number of benzene rings is 1. The lowest BCUT2D eigenvalue weighted by molar-refractivity contribution is -0.133. The molecule has 0 fully saturated rings. The number of carbonyl (C=O) groups excluding carboxylic acids is 1. The summed E-state index contributed by atoms with van der Waals surface area (Å²) in [6, 6.07) is 7.79. The van der Waals surface area contributed by atoms with Crippen molar-refractivity contribution in [3.63, 3.8) is 0 Å². The summed E-state index contributed by atoms with van der Waals surface area (Å²) < 4.78 is 0. The van der Waals surface area contributed by atoms with E-state index in [4.69, 9.17) is 5.11 Å². The van der Waals surface area contributed by atoms with Gasteiger partial charge in [-0.2, -0.15) is 0 Å². The number of nitrogens with zero attached hydrogens (tertiary/aromatic N) is 1. The average Bonchev–Trinajstić information content (AvgIpc) is 2.39. The van der Waals surface area contributed by atoms with Crippen molar-refractivity contribution in [1.29, 1.82) is 0 Å². The van der Waals surface area contributed by atoms with Gasteiger partial charge in [0.25, 0.3) is 0 Å². The Bertz CT molecular complexity index is 483. The van der Waals surface area contributed by atoms with Crippen molar-refractivity contribution in [2.24, 2.45) is 5.92 Å². The van der Waals surface area contributed by atoms with Gasteiger partial charge in [0, 0.05) is 31.5 Å². The van der Waals surface area contributed by atoms with Crippen LogP contribution in [-0.2, 0) is 11.3 Å². The van der Waals surface area contributed by atoms with Crippen molar-refractivity contribution >= 4 is 5.91 Å². The second kappa shape index (κ2) is 7.60. The van der Waals surface area contributed by atoms with Crippen LogP contribution in [0.25, 0.3) is 0 Å². The van der Waals surface area contributed by atoms with Gasteiger partial charge in [-0.3, -0.25) is 4.79 Å². The molecule has 0 saturated carbocycles. The molecule has 3 heteroatoms. The quantitative estimate of drug-likeness (QED) is 0.841. The molecule has 0 bridgehead atoms. The second-order valence-electron chi connectivity index (χ2n) is 4.78. The lowest BCUT2D eigenvalue weighted by Crippen LogP contribution is -2.30. The molecule has 1 aromatic rings. The van der Waals surface area contributed by atoms with E-state index in [2.05, 4.69) is 11.8 Å². The Hall–Kier alpha value is -1.79. The summed E-state index contributed by atoms with van der Waals surface area (Å²) in [7, 11) is 1.81. The molecule has 1 aromatic carbocycles. The number of aliphatic hydroxyl groups excluding tert-OH is 1. The first-order valence-corrected chi connectivity index (χ1v) is 6.49. The topological polar surface area (TPSA) is 40.5 Å². The minimum Gasteiger partial charge on any atom is -0.395 e. The molecule has 0 spiro atoms. The van der Waals surface area contributed by atoms with Gasteiger partial charge in [-0.1, -0.05) is 43.9 Å². The van der Waals surface area contributed by atoms with Crippen molar-refractivity contribution in [3.05, 3.63) is 35.4 Å². The Morgan fingerprint density at radius 2 is 2.05 bits per heavy atom. The molecule has 0 atom stereocenters. The molecular weight excluding hydrogens is 238 g/mol. The third-order valence-electron chi connectivity index (χ3n) is 2.75. The molecular formula is C16H21NO2. The van der Waals surface area contributed by atoms with Crippen molar-refractivity contribution in [2.75, 3.05) is 13.7 Å². The number of hydrogen-bond acceptors (Lipinski definition) is 2. The molecule has 3 nitrogen and oxygen atoms in total. The minimum atomic E-state index is -0.00219. The number of carbonyl (C=O) groups is 1. The van der Waals surface area contributed by atoms with Crippen LogP contribution in [-0.4, -0.2) is 29.6 Å². The predicted molar refractivity (Wildman–Crippen MR) is 76.3 cm³/mol. The molecule has 0 aliphatic carbocycles. The van der Waals surface area contributed by atoms with Gasteiger partial charge in [-0.05, 0) is 11.6 Å². The Balaban J connectivity index is 2.84. The third-order valence-corrected chi connectivity index (χ3v) is 2.75. The van der Waals surface area contributed by atoms with E-state index in [9.17, 15) is 4.79 Å². The minimum absolute atomic E-state index is 0.00219. The maximum atomic E-state index is 11.9. The SMILES string of the molecule is CC(C)C(=O)N(C)Cc1ccccc1C#CCCO. The number of aliphatic hydroxyl groups is 1. The molecule has 0 saturated heterocycles. The summed E-state index contributed by atoms with van der Waals surface area (Å²) in [6.45, 7) is 4.42. The highest BCUT2D eigenvalue weighted by atomic mass is 16.2. The van der Waals surface area contributed by atoms with Crippen LogP contribution < -0.4 is 0 Å². The highest BCUT2D eigenvalue weighted by Gasteiger charge is 2.13. The van der Waals surface area contributed by atoms with Crippen LogP contribution in [0, 0.1) is 17.8 Å². The van der Waals surface area contributed by atoms with Crippen LogP contribution in [0.15, 0.2) is 24.3 Å². The fourth-order valence-electron chi connectivity index (χ4n) is 1.77. The molecule has 0 unspecified atom stereocenters. The van der Waals surface area contributed by atoms with Crippen LogP contribution in [0.3, 0.4) is 0 Å². The van der Waals surface area contributed by atoms with E-state index in [0.717, 1.165) is 11.1 Å². The van der Waals surface area contributed by atoms with Crippen molar-refractivity contribution in [1.82, 2.24) is 4.90 Å². The van der Waals surface area contributed by atoms with Gasteiger partial charge in [0.15, 0.2) is 0 Å². The first-order valence-electron chi connectivity index (χ1n) is 6.49. The van der Waals surface area contributed by atoms with Gasteiger partial charge in [0.2, 0.25) is 5.91 Å². The summed E-state index contributed by atoms with van der Waals surface area (Å²) in [5.41, 5.74) is 1.95. The molecule has 1 N–H and O–H groups in total. The zero-order chi connectivity index (χ0) is 14.3. The maximum absolute atomic E-state index is 11.9. The first kappa shape index (κ1) is 15.3. The fourth-order valence-corrected chi connectivity index (χ4v) is 1.77. The van der Waals surface area contributed by atoms with E-state index >= 15 is 0 Å². The summed E-state index contributed by atoms with van der Waals surface area (Å²) in [4.78, 5) is 13.6. The van der Waals surface area contributed by atoms with Gasteiger partial charge < -0.3 is 10.0 Å². The lowest BCUT2D eigenvalue weighted by Gasteiger charge is -2.20. The molecule has 0 aliphatic heterocycles.